The van der Waals surface area contributed by atoms with Gasteiger partial charge in [0, 0.05) is 25.5 Å². The highest BCUT2D eigenvalue weighted by atomic mass is 16.2. The zero-order valence-electron chi connectivity index (χ0n) is 18.0. The van der Waals surface area contributed by atoms with Crippen molar-refractivity contribution in [2.75, 3.05) is 18.9 Å². The lowest BCUT2D eigenvalue weighted by atomic mass is 10.1. The molecule has 3 aromatic rings. The summed E-state index contributed by atoms with van der Waals surface area (Å²) in [5.41, 5.74) is 6.59. The number of hydrogen-bond donors (Lipinski definition) is 1. The van der Waals surface area contributed by atoms with Crippen LogP contribution in [-0.2, 0) is 11.8 Å². The SMILES string of the molecule is Cc1cc(C)c(NC(=O)CN(C)C(=O)c2cc(C)nc3c2c(C)nn3C)c(C)c1. The molecule has 0 spiro atoms. The van der Waals surface area contributed by atoms with Crippen molar-refractivity contribution in [3.63, 3.8) is 0 Å². The number of aromatic nitrogens is 3. The minimum absolute atomic E-state index is 0.0479. The summed E-state index contributed by atoms with van der Waals surface area (Å²) in [6.45, 7) is 9.60. The number of carbonyl (C=O) groups excluding carboxylic acids is 2. The molecule has 7 nitrogen and oxygen atoms in total. The number of pyridine rings is 1. The smallest absolute Gasteiger partial charge is 0.254 e. The van der Waals surface area contributed by atoms with Gasteiger partial charge in [-0.2, -0.15) is 5.10 Å². The van der Waals surface area contributed by atoms with E-state index in [1.165, 1.54) is 4.90 Å². The van der Waals surface area contributed by atoms with E-state index in [-0.39, 0.29) is 18.4 Å². The molecule has 0 saturated heterocycles. The zero-order chi connectivity index (χ0) is 21.5. The Bertz CT molecular complexity index is 1110. The summed E-state index contributed by atoms with van der Waals surface area (Å²) in [5.74, 6) is -0.468. The maximum atomic E-state index is 13.1. The van der Waals surface area contributed by atoms with Crippen molar-refractivity contribution in [2.45, 2.75) is 34.6 Å². The first-order chi connectivity index (χ1) is 13.6. The van der Waals surface area contributed by atoms with Crippen molar-refractivity contribution in [2.24, 2.45) is 7.05 Å². The minimum Gasteiger partial charge on any atom is -0.332 e. The fraction of sp³-hybridized carbons (Fsp3) is 0.364. The van der Waals surface area contributed by atoms with Crippen molar-refractivity contribution < 1.29 is 9.59 Å². The van der Waals surface area contributed by atoms with Crippen molar-refractivity contribution in [1.29, 1.82) is 0 Å². The van der Waals surface area contributed by atoms with Gasteiger partial charge in [-0.3, -0.25) is 14.3 Å². The molecule has 0 atom stereocenters. The van der Waals surface area contributed by atoms with E-state index < -0.39 is 0 Å². The molecule has 152 valence electrons. The molecule has 7 heteroatoms. The van der Waals surface area contributed by atoms with Gasteiger partial charge in [0.2, 0.25) is 5.91 Å². The van der Waals surface area contributed by atoms with Gasteiger partial charge in [-0.25, -0.2) is 4.98 Å². The monoisotopic (exact) mass is 393 g/mol. The highest BCUT2D eigenvalue weighted by Gasteiger charge is 2.22. The molecular formula is C22H27N5O2. The second kappa shape index (κ2) is 7.66. The maximum Gasteiger partial charge on any atom is 0.254 e. The second-order valence-electron chi connectivity index (χ2n) is 7.70. The molecule has 0 aliphatic carbocycles. The second-order valence-corrected chi connectivity index (χ2v) is 7.70. The summed E-state index contributed by atoms with van der Waals surface area (Å²) in [6.07, 6.45) is 0. The molecule has 1 aromatic carbocycles. The molecule has 0 bridgehead atoms. The summed E-state index contributed by atoms with van der Waals surface area (Å²) in [7, 11) is 3.43. The van der Waals surface area contributed by atoms with E-state index in [1.54, 1.807) is 24.8 Å². The van der Waals surface area contributed by atoms with E-state index in [4.69, 9.17) is 0 Å². The number of rotatable bonds is 4. The number of aryl methyl sites for hydroxylation is 6. The Morgan fingerprint density at radius 2 is 1.69 bits per heavy atom. The molecule has 1 N–H and O–H groups in total. The van der Waals surface area contributed by atoms with Crippen LogP contribution in [0.15, 0.2) is 18.2 Å². The van der Waals surface area contributed by atoms with Gasteiger partial charge < -0.3 is 10.2 Å². The molecule has 29 heavy (non-hydrogen) atoms. The van der Waals surface area contributed by atoms with Gasteiger partial charge in [0.1, 0.15) is 0 Å². The highest BCUT2D eigenvalue weighted by molar-refractivity contribution is 6.08. The molecule has 2 heterocycles. The summed E-state index contributed by atoms with van der Waals surface area (Å²) < 4.78 is 1.67. The highest BCUT2D eigenvalue weighted by Crippen LogP contribution is 2.24. The molecule has 0 unspecified atom stereocenters. The largest absolute Gasteiger partial charge is 0.332 e. The standard InChI is InChI=1S/C22H27N5O2/c1-12-8-13(2)20(14(3)9-12)24-18(28)11-26(6)22(29)17-10-15(4)23-21-19(17)16(5)25-27(21)7/h8-10H,11H2,1-7H3,(H,24,28). The van der Waals surface area contributed by atoms with E-state index in [1.807, 2.05) is 46.8 Å². The minimum atomic E-state index is -0.235. The van der Waals surface area contributed by atoms with Crippen LogP contribution in [0.1, 0.15) is 38.4 Å². The predicted molar refractivity (Wildman–Crippen MR) is 114 cm³/mol. The Morgan fingerprint density at radius 3 is 2.31 bits per heavy atom. The van der Waals surface area contributed by atoms with Crippen molar-refractivity contribution in [3.05, 3.63) is 51.8 Å². The number of nitrogens with one attached hydrogen (secondary N) is 1. The molecule has 0 aliphatic rings. The maximum absolute atomic E-state index is 13.1. The molecular weight excluding hydrogens is 366 g/mol. The van der Waals surface area contributed by atoms with Gasteiger partial charge in [0.15, 0.2) is 5.65 Å². The van der Waals surface area contributed by atoms with Crippen molar-refractivity contribution >= 4 is 28.5 Å². The summed E-state index contributed by atoms with van der Waals surface area (Å²) in [6, 6.07) is 5.81. The Balaban J connectivity index is 1.83. The van der Waals surface area contributed by atoms with Gasteiger partial charge in [0.05, 0.1) is 23.2 Å². The van der Waals surface area contributed by atoms with Crippen LogP contribution in [0.2, 0.25) is 0 Å². The average molecular weight is 393 g/mol. The fourth-order valence-corrected chi connectivity index (χ4v) is 3.79. The Labute approximate surface area is 170 Å². The zero-order valence-corrected chi connectivity index (χ0v) is 18.0. The van der Waals surface area contributed by atoms with Gasteiger partial charge in [0.25, 0.3) is 5.91 Å². The lowest BCUT2D eigenvalue weighted by Crippen LogP contribution is -2.35. The molecule has 0 radical (unpaired) electrons. The van der Waals surface area contributed by atoms with E-state index in [0.717, 1.165) is 39.2 Å². The first-order valence-corrected chi connectivity index (χ1v) is 9.52. The van der Waals surface area contributed by atoms with E-state index in [0.29, 0.717) is 11.2 Å². The lowest BCUT2D eigenvalue weighted by Gasteiger charge is -2.19. The van der Waals surface area contributed by atoms with Crippen LogP contribution in [0.25, 0.3) is 11.0 Å². The summed E-state index contributed by atoms with van der Waals surface area (Å²) in [5, 5.41) is 8.05. The van der Waals surface area contributed by atoms with E-state index in [2.05, 4.69) is 15.4 Å². The molecule has 0 saturated carbocycles. The van der Waals surface area contributed by atoms with Crippen LogP contribution >= 0.6 is 0 Å². The number of nitrogens with zero attached hydrogens (tertiary/aromatic N) is 4. The van der Waals surface area contributed by atoms with Crippen LogP contribution in [0.4, 0.5) is 5.69 Å². The predicted octanol–water partition coefficient (Wildman–Crippen LogP) is 3.22. The third-order valence-electron chi connectivity index (χ3n) is 5.00. The number of fused-ring (bicyclic) bond motifs is 1. The Kier molecular flexibility index (Phi) is 5.42. The van der Waals surface area contributed by atoms with Crippen LogP contribution < -0.4 is 5.32 Å². The summed E-state index contributed by atoms with van der Waals surface area (Å²) >= 11 is 0. The first kappa shape index (κ1) is 20.5. The number of hydrogen-bond acceptors (Lipinski definition) is 4. The first-order valence-electron chi connectivity index (χ1n) is 9.52. The number of benzene rings is 1. The van der Waals surface area contributed by atoms with Gasteiger partial charge >= 0.3 is 0 Å². The van der Waals surface area contributed by atoms with E-state index in [9.17, 15) is 9.59 Å². The average Bonchev–Trinajstić information content (AvgIpc) is 2.90. The van der Waals surface area contributed by atoms with Crippen LogP contribution in [-0.4, -0.2) is 45.1 Å². The fourth-order valence-electron chi connectivity index (χ4n) is 3.79. The number of carbonyl (C=O) groups is 2. The van der Waals surface area contributed by atoms with Gasteiger partial charge in [-0.15, -0.1) is 0 Å². The quantitative estimate of drug-likeness (QED) is 0.738. The molecule has 0 aliphatic heterocycles. The van der Waals surface area contributed by atoms with Gasteiger partial charge in [-0.1, -0.05) is 17.7 Å². The summed E-state index contributed by atoms with van der Waals surface area (Å²) in [4.78, 5) is 31.7. The topological polar surface area (TPSA) is 80.1 Å². The van der Waals surface area contributed by atoms with Crippen molar-refractivity contribution in [3.8, 4) is 0 Å². The third-order valence-corrected chi connectivity index (χ3v) is 5.00. The van der Waals surface area contributed by atoms with Crippen LogP contribution in [0, 0.1) is 34.6 Å². The van der Waals surface area contributed by atoms with Crippen molar-refractivity contribution in [1.82, 2.24) is 19.7 Å². The molecule has 0 fully saturated rings. The normalized spacial score (nSPS) is 11.0. The third kappa shape index (κ3) is 3.99. The number of likely N-dealkylation sites (N-methyl/N-ethyl adjacent to an activating group) is 1. The number of anilines is 1. The Morgan fingerprint density at radius 1 is 1.07 bits per heavy atom. The Hall–Kier alpha value is -3.22. The molecule has 2 amide bonds. The van der Waals surface area contributed by atoms with Crippen LogP contribution in [0.3, 0.4) is 0 Å². The molecule has 3 rings (SSSR count). The number of amides is 2. The molecule has 2 aromatic heterocycles. The van der Waals surface area contributed by atoms with E-state index >= 15 is 0 Å². The van der Waals surface area contributed by atoms with Crippen LogP contribution in [0.5, 0.6) is 0 Å². The van der Waals surface area contributed by atoms with Gasteiger partial charge in [-0.05, 0) is 51.8 Å². The lowest BCUT2D eigenvalue weighted by molar-refractivity contribution is -0.116.